The van der Waals surface area contributed by atoms with Crippen LogP contribution in [0.5, 0.6) is 0 Å². The van der Waals surface area contributed by atoms with Crippen molar-refractivity contribution in [2.24, 2.45) is 29.6 Å². The Morgan fingerprint density at radius 2 is 1.65 bits per heavy atom. The number of cyclic esters (lactones) is 1. The summed E-state index contributed by atoms with van der Waals surface area (Å²) in [6, 6.07) is 0. The number of ether oxygens (including phenoxy) is 1. The van der Waals surface area contributed by atoms with E-state index in [1.165, 1.54) is 0 Å². The van der Waals surface area contributed by atoms with E-state index < -0.39 is 30.0 Å². The molecule has 26 heavy (non-hydrogen) atoms. The smallest absolute Gasteiger partial charge is 0.311 e. The van der Waals surface area contributed by atoms with Crippen molar-refractivity contribution in [3.63, 3.8) is 0 Å². The minimum atomic E-state index is -1.00. The molecule has 5 nitrogen and oxygen atoms in total. The molecule has 1 aliphatic rings. The number of carbonyl (C=O) groups excluding carboxylic acids is 2. The Morgan fingerprint density at radius 1 is 1.08 bits per heavy atom. The molecular weight excluding hydrogens is 332 g/mol. The predicted octanol–water partition coefficient (Wildman–Crippen LogP) is 3.13. The number of allylic oxidation sites excluding steroid dienone is 1. The Kier molecular flexibility index (Phi) is 8.48. The average Bonchev–Trinajstić information content (AvgIpc) is 2.61. The zero-order valence-electron chi connectivity index (χ0n) is 17.2. The maximum atomic E-state index is 12.7. The van der Waals surface area contributed by atoms with Crippen molar-refractivity contribution in [1.29, 1.82) is 0 Å². The van der Waals surface area contributed by atoms with Crippen LogP contribution in [0.1, 0.15) is 61.3 Å². The van der Waals surface area contributed by atoms with E-state index in [-0.39, 0.29) is 29.6 Å². The van der Waals surface area contributed by atoms with Gasteiger partial charge in [-0.3, -0.25) is 9.59 Å². The molecule has 2 N–H and O–H groups in total. The fraction of sp³-hybridized carbons (Fsp3) is 0.810. The SMILES string of the molecule is CC[C@H]1OC(=O)[C@H](C)[C@@H](O)[C@H](C)[C@@H](O)[C@@H](C)C[C@@H](C)C(=O)/C(C)=C/[C@H]1C. The van der Waals surface area contributed by atoms with Crippen LogP contribution in [-0.2, 0) is 14.3 Å². The van der Waals surface area contributed by atoms with Crippen molar-refractivity contribution in [2.45, 2.75) is 79.6 Å². The van der Waals surface area contributed by atoms with E-state index in [1.807, 2.05) is 33.8 Å². The van der Waals surface area contributed by atoms with Gasteiger partial charge < -0.3 is 14.9 Å². The monoisotopic (exact) mass is 368 g/mol. The lowest BCUT2D eigenvalue weighted by atomic mass is 9.79. The molecule has 0 fully saturated rings. The number of carbonyl (C=O) groups is 2. The van der Waals surface area contributed by atoms with E-state index >= 15 is 0 Å². The van der Waals surface area contributed by atoms with E-state index in [1.54, 1.807) is 20.8 Å². The van der Waals surface area contributed by atoms with Gasteiger partial charge in [0.25, 0.3) is 0 Å². The second-order valence-corrected chi connectivity index (χ2v) is 8.20. The summed E-state index contributed by atoms with van der Waals surface area (Å²) in [4.78, 5) is 25.2. The van der Waals surface area contributed by atoms with Gasteiger partial charge in [0.05, 0.1) is 18.1 Å². The van der Waals surface area contributed by atoms with E-state index in [9.17, 15) is 19.8 Å². The second kappa shape index (κ2) is 9.65. The summed E-state index contributed by atoms with van der Waals surface area (Å²) in [7, 11) is 0. The minimum absolute atomic E-state index is 0.0516. The quantitative estimate of drug-likeness (QED) is 0.695. The topological polar surface area (TPSA) is 83.8 Å². The maximum absolute atomic E-state index is 12.7. The third-order valence-corrected chi connectivity index (χ3v) is 5.88. The summed E-state index contributed by atoms with van der Waals surface area (Å²) in [5.41, 5.74) is 0.666. The summed E-state index contributed by atoms with van der Waals surface area (Å²) in [5.74, 6) is -2.10. The lowest BCUT2D eigenvalue weighted by Gasteiger charge is -2.33. The Labute approximate surface area is 157 Å². The van der Waals surface area contributed by atoms with Gasteiger partial charge in [0.15, 0.2) is 5.78 Å². The highest BCUT2D eigenvalue weighted by atomic mass is 16.5. The molecule has 1 rings (SSSR count). The van der Waals surface area contributed by atoms with Crippen LogP contribution < -0.4 is 0 Å². The second-order valence-electron chi connectivity index (χ2n) is 8.20. The van der Waals surface area contributed by atoms with Gasteiger partial charge in [0.2, 0.25) is 0 Å². The summed E-state index contributed by atoms with van der Waals surface area (Å²) >= 11 is 0. The first kappa shape index (κ1) is 22.8. The van der Waals surface area contributed by atoms with Crippen molar-refractivity contribution in [2.75, 3.05) is 0 Å². The van der Waals surface area contributed by atoms with Gasteiger partial charge in [0.1, 0.15) is 6.10 Å². The van der Waals surface area contributed by atoms with Gasteiger partial charge in [-0.15, -0.1) is 0 Å². The molecule has 1 heterocycles. The minimum Gasteiger partial charge on any atom is -0.461 e. The van der Waals surface area contributed by atoms with Crippen LogP contribution >= 0.6 is 0 Å². The molecule has 0 aromatic rings. The first-order valence-electron chi connectivity index (χ1n) is 9.80. The van der Waals surface area contributed by atoms with E-state index in [2.05, 4.69) is 0 Å². The lowest BCUT2D eigenvalue weighted by molar-refractivity contribution is -0.162. The third kappa shape index (κ3) is 5.40. The average molecular weight is 369 g/mol. The van der Waals surface area contributed by atoms with E-state index in [0.717, 1.165) is 0 Å². The Bertz CT molecular complexity index is 526. The number of hydrogen-bond donors (Lipinski definition) is 2. The molecule has 0 aromatic carbocycles. The number of ketones is 1. The first-order chi connectivity index (χ1) is 12.0. The van der Waals surface area contributed by atoms with Gasteiger partial charge in [-0.05, 0) is 38.2 Å². The van der Waals surface area contributed by atoms with Crippen LogP contribution in [0.3, 0.4) is 0 Å². The molecule has 150 valence electrons. The van der Waals surface area contributed by atoms with Crippen LogP contribution in [0.15, 0.2) is 11.6 Å². The lowest BCUT2D eigenvalue weighted by Crippen LogP contribution is -2.42. The van der Waals surface area contributed by atoms with Gasteiger partial charge in [0, 0.05) is 17.8 Å². The van der Waals surface area contributed by atoms with E-state index in [0.29, 0.717) is 18.4 Å². The zero-order valence-corrected chi connectivity index (χ0v) is 17.2. The Balaban J connectivity index is 3.24. The highest BCUT2D eigenvalue weighted by molar-refractivity contribution is 5.96. The molecule has 0 aliphatic carbocycles. The van der Waals surface area contributed by atoms with Crippen molar-refractivity contribution in [3.05, 3.63) is 11.6 Å². The summed E-state index contributed by atoms with van der Waals surface area (Å²) in [6.45, 7) is 12.8. The molecule has 0 spiro atoms. The molecule has 0 saturated carbocycles. The Morgan fingerprint density at radius 3 is 2.19 bits per heavy atom. The maximum Gasteiger partial charge on any atom is 0.311 e. The highest BCUT2D eigenvalue weighted by Gasteiger charge is 2.36. The molecule has 0 amide bonds. The molecule has 0 unspecified atom stereocenters. The number of aliphatic hydroxyl groups excluding tert-OH is 2. The fourth-order valence-corrected chi connectivity index (χ4v) is 3.91. The number of aliphatic hydroxyl groups is 2. The van der Waals surface area contributed by atoms with Crippen molar-refractivity contribution < 1.29 is 24.5 Å². The van der Waals surface area contributed by atoms with Crippen molar-refractivity contribution in [3.8, 4) is 0 Å². The molecule has 1 aliphatic heterocycles. The standard InChI is InChI=1S/C21H36O5/c1-8-17-11(2)9-12(3)18(22)13(4)10-14(5)19(23)15(6)20(24)16(7)21(25)26-17/h9,11,13-17,19-20,23-24H,8,10H2,1-7H3/b12-9+/t11-,13-,14+,15-,16-,17-,19+,20+/m1/s1. The number of hydrogen-bond acceptors (Lipinski definition) is 5. The third-order valence-electron chi connectivity index (χ3n) is 5.88. The largest absolute Gasteiger partial charge is 0.461 e. The molecular formula is C21H36O5. The van der Waals surface area contributed by atoms with Crippen LogP contribution in [0.25, 0.3) is 0 Å². The van der Waals surface area contributed by atoms with Crippen molar-refractivity contribution >= 4 is 11.8 Å². The van der Waals surface area contributed by atoms with Crippen LogP contribution in [0.2, 0.25) is 0 Å². The molecule has 0 bridgehead atoms. The molecule has 5 heteroatoms. The van der Waals surface area contributed by atoms with Gasteiger partial charge in [-0.1, -0.05) is 40.7 Å². The van der Waals surface area contributed by atoms with Gasteiger partial charge >= 0.3 is 5.97 Å². The summed E-state index contributed by atoms with van der Waals surface area (Å²) in [6.07, 6.45) is 0.877. The van der Waals surface area contributed by atoms with Gasteiger partial charge in [-0.25, -0.2) is 0 Å². The highest BCUT2D eigenvalue weighted by Crippen LogP contribution is 2.29. The molecule has 8 atom stereocenters. The molecule has 0 saturated heterocycles. The number of esters is 1. The normalized spacial score (nSPS) is 43.2. The zero-order chi connectivity index (χ0) is 20.2. The van der Waals surface area contributed by atoms with Crippen LogP contribution in [0.4, 0.5) is 0 Å². The summed E-state index contributed by atoms with van der Waals surface area (Å²) in [5, 5.41) is 21.2. The van der Waals surface area contributed by atoms with Gasteiger partial charge in [-0.2, -0.15) is 0 Å². The Hall–Kier alpha value is -1.20. The van der Waals surface area contributed by atoms with Crippen molar-refractivity contribution in [1.82, 2.24) is 0 Å². The number of rotatable bonds is 1. The van der Waals surface area contributed by atoms with Crippen LogP contribution in [0, 0.1) is 29.6 Å². The summed E-state index contributed by atoms with van der Waals surface area (Å²) < 4.78 is 5.62. The van der Waals surface area contributed by atoms with Crippen LogP contribution in [-0.4, -0.2) is 40.3 Å². The fourth-order valence-electron chi connectivity index (χ4n) is 3.91. The molecule has 0 radical (unpaired) electrons. The molecule has 0 aromatic heterocycles. The number of Topliss-reactive ketones (excluding diaryl/α,β-unsaturated/α-hetero) is 1. The first-order valence-corrected chi connectivity index (χ1v) is 9.80. The van der Waals surface area contributed by atoms with E-state index in [4.69, 9.17) is 4.74 Å². The predicted molar refractivity (Wildman–Crippen MR) is 101 cm³/mol.